The number of carbonyl (C=O) groups excluding carboxylic acids is 2. The lowest BCUT2D eigenvalue weighted by atomic mass is 9.50. The van der Waals surface area contributed by atoms with Gasteiger partial charge in [-0.15, -0.1) is 0 Å². The van der Waals surface area contributed by atoms with Gasteiger partial charge in [-0.2, -0.15) is 0 Å². The Kier molecular flexibility index (Phi) is 5.84. The average Bonchev–Trinajstić information content (AvgIpc) is 2.48. The molecule has 2 fully saturated rings. The van der Waals surface area contributed by atoms with E-state index in [0.29, 0.717) is 12.8 Å². The molecule has 0 heterocycles. The van der Waals surface area contributed by atoms with Crippen molar-refractivity contribution in [3.63, 3.8) is 0 Å². The normalized spacial score (nSPS) is 42.2. The molecule has 25 heavy (non-hydrogen) atoms. The second-order valence-electron chi connectivity index (χ2n) is 8.45. The van der Waals surface area contributed by atoms with Gasteiger partial charge in [-0.1, -0.05) is 13.8 Å². The van der Waals surface area contributed by atoms with E-state index in [2.05, 4.69) is 0 Å². The van der Waals surface area contributed by atoms with Crippen LogP contribution in [0.15, 0.2) is 0 Å². The van der Waals surface area contributed by atoms with Crippen molar-refractivity contribution < 1.29 is 29.3 Å². The van der Waals surface area contributed by atoms with Gasteiger partial charge < -0.3 is 19.7 Å². The van der Waals surface area contributed by atoms with Crippen molar-refractivity contribution >= 4 is 11.9 Å². The van der Waals surface area contributed by atoms with E-state index < -0.39 is 29.2 Å². The van der Waals surface area contributed by atoms with Gasteiger partial charge in [0.1, 0.15) is 6.10 Å². The summed E-state index contributed by atoms with van der Waals surface area (Å²) >= 11 is 0. The lowest BCUT2D eigenvalue weighted by Crippen LogP contribution is -2.64. The van der Waals surface area contributed by atoms with E-state index in [-0.39, 0.29) is 30.3 Å². The zero-order valence-corrected chi connectivity index (χ0v) is 15.9. The van der Waals surface area contributed by atoms with E-state index >= 15 is 0 Å². The number of rotatable bonds is 4. The van der Waals surface area contributed by atoms with Crippen molar-refractivity contribution in [3.8, 4) is 0 Å². The van der Waals surface area contributed by atoms with Crippen LogP contribution in [-0.4, -0.2) is 46.6 Å². The van der Waals surface area contributed by atoms with Gasteiger partial charge in [0.2, 0.25) is 0 Å². The van der Waals surface area contributed by atoms with Crippen LogP contribution in [0.5, 0.6) is 0 Å². The predicted molar refractivity (Wildman–Crippen MR) is 91.5 cm³/mol. The highest BCUT2D eigenvalue weighted by Gasteiger charge is 2.61. The maximum Gasteiger partial charge on any atom is 0.302 e. The van der Waals surface area contributed by atoms with Crippen molar-refractivity contribution in [1.29, 1.82) is 0 Å². The molecule has 7 atom stereocenters. The molecule has 0 radical (unpaired) electrons. The van der Waals surface area contributed by atoms with Gasteiger partial charge in [-0.3, -0.25) is 9.59 Å². The molecule has 2 rings (SSSR count). The lowest BCUT2D eigenvalue weighted by Gasteiger charge is -2.59. The fourth-order valence-electron chi connectivity index (χ4n) is 5.10. The van der Waals surface area contributed by atoms with E-state index in [9.17, 15) is 19.8 Å². The van der Waals surface area contributed by atoms with E-state index in [1.165, 1.54) is 13.8 Å². The number of aliphatic hydroxyl groups is 2. The molecule has 0 aliphatic heterocycles. The minimum Gasteiger partial charge on any atom is -0.466 e. The number of carbonyl (C=O) groups is 2. The predicted octanol–water partition coefficient (Wildman–Crippen LogP) is 2.06. The summed E-state index contributed by atoms with van der Waals surface area (Å²) in [6.07, 6.45) is 1.47. The van der Waals surface area contributed by atoms with Crippen molar-refractivity contribution in [1.82, 2.24) is 0 Å². The number of hydrogen-bond donors (Lipinski definition) is 2. The summed E-state index contributed by atoms with van der Waals surface area (Å²) in [6, 6.07) is 0. The quantitative estimate of drug-likeness (QED) is 0.749. The van der Waals surface area contributed by atoms with Gasteiger partial charge in [0.05, 0.1) is 18.3 Å². The largest absolute Gasteiger partial charge is 0.466 e. The molecule has 0 aromatic rings. The first-order valence-electron chi connectivity index (χ1n) is 9.20. The molecule has 2 aliphatic carbocycles. The van der Waals surface area contributed by atoms with E-state index in [1.54, 1.807) is 6.92 Å². The Bertz CT molecular complexity index is 516. The first kappa shape index (κ1) is 20.2. The maximum atomic E-state index is 11.8. The first-order chi connectivity index (χ1) is 11.5. The Morgan fingerprint density at radius 3 is 2.36 bits per heavy atom. The third kappa shape index (κ3) is 4.00. The summed E-state index contributed by atoms with van der Waals surface area (Å²) in [6.45, 7) is 8.73. The Hall–Kier alpha value is -1.14. The first-order valence-corrected chi connectivity index (χ1v) is 9.20. The molecule has 0 aromatic heterocycles. The van der Waals surface area contributed by atoms with Gasteiger partial charge in [-0.05, 0) is 38.5 Å². The topological polar surface area (TPSA) is 93.1 Å². The number of hydrogen-bond acceptors (Lipinski definition) is 6. The fourth-order valence-corrected chi connectivity index (χ4v) is 5.10. The lowest BCUT2D eigenvalue weighted by molar-refractivity contribution is -0.231. The number of esters is 2. The minimum atomic E-state index is -1.02. The molecule has 0 amide bonds. The van der Waals surface area contributed by atoms with Crippen LogP contribution in [0.1, 0.15) is 60.3 Å². The monoisotopic (exact) mass is 356 g/mol. The summed E-state index contributed by atoms with van der Waals surface area (Å²) in [7, 11) is 0. The standard InChI is InChI=1S/C19H32O6/c1-11(10-24-12(2)20)14-6-8-18(4)15(22)7-9-19(5,23)17(18)16(14)25-13(3)21/h11,14-17,22-23H,6-10H2,1-5H3/t11-,14+,15+,16+,17?,18+,19-/m1/s1. The van der Waals surface area contributed by atoms with E-state index in [0.717, 1.165) is 12.8 Å². The molecule has 2 aliphatic rings. The minimum absolute atomic E-state index is 0.00679. The zero-order valence-electron chi connectivity index (χ0n) is 15.9. The molecule has 2 saturated carbocycles. The number of ether oxygens (including phenoxy) is 2. The van der Waals surface area contributed by atoms with Crippen LogP contribution < -0.4 is 0 Å². The summed E-state index contributed by atoms with van der Waals surface area (Å²) < 4.78 is 10.9. The van der Waals surface area contributed by atoms with E-state index in [4.69, 9.17) is 9.47 Å². The van der Waals surface area contributed by atoms with Crippen LogP contribution in [-0.2, 0) is 19.1 Å². The third-order valence-corrected chi connectivity index (χ3v) is 6.41. The average molecular weight is 356 g/mol. The zero-order chi connectivity index (χ0) is 19.0. The summed E-state index contributed by atoms with van der Waals surface area (Å²) in [5, 5.41) is 21.7. The maximum absolute atomic E-state index is 11.8. The molecule has 6 heteroatoms. The Morgan fingerprint density at radius 2 is 1.80 bits per heavy atom. The SMILES string of the molecule is CC(=O)OC[C@@H](C)[C@@H]1CC[C@]2(C)C([C@H]1OC(C)=O)[C@](C)(O)CC[C@@H]2O. The molecule has 144 valence electrons. The third-order valence-electron chi connectivity index (χ3n) is 6.41. The van der Waals surface area contributed by atoms with Gasteiger partial charge in [0.25, 0.3) is 0 Å². The second-order valence-corrected chi connectivity index (χ2v) is 8.45. The highest BCUT2D eigenvalue weighted by atomic mass is 16.5. The van der Waals surface area contributed by atoms with Crippen molar-refractivity contribution in [2.45, 2.75) is 78.1 Å². The summed E-state index contributed by atoms with van der Waals surface area (Å²) in [5.74, 6) is -1.12. The molecule has 0 saturated heterocycles. The molecular formula is C19H32O6. The molecular weight excluding hydrogens is 324 g/mol. The molecule has 1 unspecified atom stereocenters. The summed E-state index contributed by atoms with van der Waals surface area (Å²) in [4.78, 5) is 22.9. The van der Waals surface area contributed by atoms with E-state index in [1.807, 2.05) is 13.8 Å². The second kappa shape index (κ2) is 7.23. The van der Waals surface area contributed by atoms with Crippen LogP contribution in [0.3, 0.4) is 0 Å². The number of aliphatic hydroxyl groups excluding tert-OH is 1. The fraction of sp³-hybridized carbons (Fsp3) is 0.895. The van der Waals surface area contributed by atoms with Gasteiger partial charge in [-0.25, -0.2) is 0 Å². The van der Waals surface area contributed by atoms with Crippen LogP contribution >= 0.6 is 0 Å². The van der Waals surface area contributed by atoms with Crippen molar-refractivity contribution in [2.75, 3.05) is 6.61 Å². The molecule has 0 aromatic carbocycles. The van der Waals surface area contributed by atoms with Gasteiger partial charge in [0.15, 0.2) is 0 Å². The molecule has 0 spiro atoms. The van der Waals surface area contributed by atoms with Crippen molar-refractivity contribution in [2.24, 2.45) is 23.2 Å². The highest BCUT2D eigenvalue weighted by Crippen LogP contribution is 2.57. The van der Waals surface area contributed by atoms with Gasteiger partial charge >= 0.3 is 11.9 Å². The number of fused-ring (bicyclic) bond motifs is 1. The van der Waals surface area contributed by atoms with Crippen LogP contribution in [0.2, 0.25) is 0 Å². The van der Waals surface area contributed by atoms with Gasteiger partial charge in [0, 0.05) is 31.1 Å². The molecule has 0 bridgehead atoms. The smallest absolute Gasteiger partial charge is 0.302 e. The van der Waals surface area contributed by atoms with Crippen LogP contribution in [0.4, 0.5) is 0 Å². The molecule has 2 N–H and O–H groups in total. The Morgan fingerprint density at radius 1 is 1.16 bits per heavy atom. The van der Waals surface area contributed by atoms with Crippen LogP contribution in [0.25, 0.3) is 0 Å². The van der Waals surface area contributed by atoms with Crippen molar-refractivity contribution in [3.05, 3.63) is 0 Å². The Labute approximate surface area is 149 Å². The Balaban J connectivity index is 2.34. The highest BCUT2D eigenvalue weighted by molar-refractivity contribution is 5.66. The molecule has 6 nitrogen and oxygen atoms in total. The van der Waals surface area contributed by atoms with Crippen LogP contribution in [0, 0.1) is 23.2 Å². The summed E-state index contributed by atoms with van der Waals surface area (Å²) in [5.41, 5.74) is -1.52.